The molecule has 0 radical (unpaired) electrons. The Hall–Kier alpha value is -1.58. The summed E-state index contributed by atoms with van der Waals surface area (Å²) >= 11 is 0. The fraction of sp³-hybridized carbons (Fsp3) is 0.412. The molecule has 2 aromatic rings. The molecule has 2 aromatic carbocycles. The van der Waals surface area contributed by atoms with Gasteiger partial charge in [-0.2, -0.15) is 0 Å². The van der Waals surface area contributed by atoms with Crippen molar-refractivity contribution in [1.29, 1.82) is 0 Å². The molecule has 0 saturated heterocycles. The molecule has 0 aliphatic carbocycles. The van der Waals surface area contributed by atoms with Gasteiger partial charge < -0.3 is 15.2 Å². The first-order valence-electron chi connectivity index (χ1n) is 7.15. The summed E-state index contributed by atoms with van der Waals surface area (Å²) in [6, 6.07) is 13.0. The standard InChI is InChI=1S/C17H23NO2/c1-12(2)18-13(3)15-9-8-14-6-4-5-7-16(14)17(15)20-11-10-19/h4-9,12-13,18-19H,10-11H2,1-3H3. The van der Waals surface area contributed by atoms with Crippen LogP contribution in [-0.2, 0) is 0 Å². The highest BCUT2D eigenvalue weighted by atomic mass is 16.5. The summed E-state index contributed by atoms with van der Waals surface area (Å²) in [6.07, 6.45) is 0. The highest BCUT2D eigenvalue weighted by Crippen LogP contribution is 2.33. The summed E-state index contributed by atoms with van der Waals surface area (Å²) in [6.45, 7) is 6.73. The van der Waals surface area contributed by atoms with Gasteiger partial charge in [0.2, 0.25) is 0 Å². The number of aliphatic hydroxyl groups excluding tert-OH is 1. The maximum absolute atomic E-state index is 9.03. The molecule has 1 unspecified atom stereocenters. The molecule has 0 saturated carbocycles. The molecule has 2 rings (SSSR count). The van der Waals surface area contributed by atoms with Gasteiger partial charge >= 0.3 is 0 Å². The molecule has 0 spiro atoms. The van der Waals surface area contributed by atoms with Crippen LogP contribution < -0.4 is 10.1 Å². The van der Waals surface area contributed by atoms with Crippen molar-refractivity contribution >= 4 is 10.8 Å². The minimum Gasteiger partial charge on any atom is -0.490 e. The van der Waals surface area contributed by atoms with Gasteiger partial charge in [0.25, 0.3) is 0 Å². The zero-order valence-electron chi connectivity index (χ0n) is 12.4. The minimum absolute atomic E-state index is 0.0225. The number of hydrogen-bond acceptors (Lipinski definition) is 3. The molecular weight excluding hydrogens is 250 g/mol. The topological polar surface area (TPSA) is 41.5 Å². The molecule has 108 valence electrons. The van der Waals surface area contributed by atoms with Crippen LogP contribution in [0.1, 0.15) is 32.4 Å². The van der Waals surface area contributed by atoms with Crippen LogP contribution >= 0.6 is 0 Å². The summed E-state index contributed by atoms with van der Waals surface area (Å²) in [5, 5.41) is 14.8. The number of ether oxygens (including phenoxy) is 1. The highest BCUT2D eigenvalue weighted by molar-refractivity contribution is 5.89. The number of nitrogens with one attached hydrogen (secondary N) is 1. The summed E-state index contributed by atoms with van der Waals surface area (Å²) in [5.74, 6) is 0.873. The Balaban J connectivity index is 2.46. The average molecular weight is 273 g/mol. The first kappa shape index (κ1) is 14.8. The van der Waals surface area contributed by atoms with Crippen molar-refractivity contribution in [3.05, 3.63) is 42.0 Å². The predicted molar refractivity (Wildman–Crippen MR) is 83.2 cm³/mol. The maximum Gasteiger partial charge on any atom is 0.132 e. The fourth-order valence-corrected chi connectivity index (χ4v) is 2.50. The number of fused-ring (bicyclic) bond motifs is 1. The van der Waals surface area contributed by atoms with Crippen LogP contribution in [0.15, 0.2) is 36.4 Å². The van der Waals surface area contributed by atoms with E-state index in [1.807, 2.05) is 12.1 Å². The Morgan fingerprint density at radius 1 is 1.10 bits per heavy atom. The van der Waals surface area contributed by atoms with E-state index in [2.05, 4.69) is 50.4 Å². The molecule has 0 aliphatic heterocycles. The van der Waals surface area contributed by atoms with E-state index in [-0.39, 0.29) is 12.6 Å². The Morgan fingerprint density at radius 3 is 2.55 bits per heavy atom. The van der Waals surface area contributed by atoms with Crippen molar-refractivity contribution in [3.8, 4) is 5.75 Å². The lowest BCUT2D eigenvalue weighted by Crippen LogP contribution is -2.26. The van der Waals surface area contributed by atoms with Crippen LogP contribution in [0.4, 0.5) is 0 Å². The third-order valence-corrected chi connectivity index (χ3v) is 3.30. The van der Waals surface area contributed by atoms with E-state index < -0.39 is 0 Å². The normalized spacial score (nSPS) is 12.8. The van der Waals surface area contributed by atoms with Gasteiger partial charge in [0.15, 0.2) is 0 Å². The van der Waals surface area contributed by atoms with Crippen molar-refractivity contribution in [3.63, 3.8) is 0 Å². The number of hydrogen-bond donors (Lipinski definition) is 2. The Kier molecular flexibility index (Phi) is 4.99. The summed E-state index contributed by atoms with van der Waals surface area (Å²) in [7, 11) is 0. The Labute approximate surface area is 120 Å². The molecular formula is C17H23NO2. The smallest absolute Gasteiger partial charge is 0.132 e. The summed E-state index contributed by atoms with van der Waals surface area (Å²) in [4.78, 5) is 0. The van der Waals surface area contributed by atoms with Crippen molar-refractivity contribution in [2.45, 2.75) is 32.9 Å². The second kappa shape index (κ2) is 6.73. The number of benzene rings is 2. The maximum atomic E-state index is 9.03. The lowest BCUT2D eigenvalue weighted by atomic mass is 10.0. The second-order valence-corrected chi connectivity index (χ2v) is 5.32. The van der Waals surface area contributed by atoms with E-state index in [9.17, 15) is 0 Å². The lowest BCUT2D eigenvalue weighted by molar-refractivity contribution is 0.201. The van der Waals surface area contributed by atoms with Crippen molar-refractivity contribution < 1.29 is 9.84 Å². The zero-order valence-corrected chi connectivity index (χ0v) is 12.4. The molecule has 0 bridgehead atoms. The second-order valence-electron chi connectivity index (χ2n) is 5.32. The van der Waals surface area contributed by atoms with Crippen molar-refractivity contribution in [2.75, 3.05) is 13.2 Å². The van der Waals surface area contributed by atoms with Gasteiger partial charge in [0.1, 0.15) is 12.4 Å². The van der Waals surface area contributed by atoms with Gasteiger partial charge in [-0.25, -0.2) is 0 Å². The SMILES string of the molecule is CC(C)NC(C)c1ccc2ccccc2c1OCCO. The molecule has 2 N–H and O–H groups in total. The third-order valence-electron chi connectivity index (χ3n) is 3.30. The van der Waals surface area contributed by atoms with E-state index in [0.29, 0.717) is 12.6 Å². The van der Waals surface area contributed by atoms with Gasteiger partial charge in [0.05, 0.1) is 6.61 Å². The number of aliphatic hydroxyl groups is 1. The molecule has 20 heavy (non-hydrogen) atoms. The van der Waals surface area contributed by atoms with E-state index >= 15 is 0 Å². The molecule has 0 heterocycles. The van der Waals surface area contributed by atoms with Crippen LogP contribution in [0.2, 0.25) is 0 Å². The van der Waals surface area contributed by atoms with E-state index in [4.69, 9.17) is 9.84 Å². The quantitative estimate of drug-likeness (QED) is 0.848. The van der Waals surface area contributed by atoms with Gasteiger partial charge in [-0.05, 0) is 12.3 Å². The van der Waals surface area contributed by atoms with E-state index in [1.54, 1.807) is 0 Å². The molecule has 0 aliphatic rings. The first-order chi connectivity index (χ1) is 9.63. The first-order valence-corrected chi connectivity index (χ1v) is 7.15. The Morgan fingerprint density at radius 2 is 1.85 bits per heavy atom. The van der Waals surface area contributed by atoms with Crippen LogP contribution in [0, 0.1) is 0 Å². The van der Waals surface area contributed by atoms with Crippen molar-refractivity contribution in [2.24, 2.45) is 0 Å². The highest BCUT2D eigenvalue weighted by Gasteiger charge is 2.15. The van der Waals surface area contributed by atoms with Gasteiger partial charge in [-0.15, -0.1) is 0 Å². The fourth-order valence-electron chi connectivity index (χ4n) is 2.50. The van der Waals surface area contributed by atoms with Gasteiger partial charge in [-0.3, -0.25) is 0 Å². The molecule has 3 heteroatoms. The van der Waals surface area contributed by atoms with Crippen molar-refractivity contribution in [1.82, 2.24) is 5.32 Å². The largest absolute Gasteiger partial charge is 0.490 e. The van der Waals surface area contributed by atoms with Crippen LogP contribution in [-0.4, -0.2) is 24.4 Å². The molecule has 3 nitrogen and oxygen atoms in total. The third kappa shape index (κ3) is 3.30. The van der Waals surface area contributed by atoms with Crippen LogP contribution in [0.25, 0.3) is 10.8 Å². The molecule has 0 amide bonds. The van der Waals surface area contributed by atoms with E-state index in [0.717, 1.165) is 22.1 Å². The van der Waals surface area contributed by atoms with Crippen LogP contribution in [0.3, 0.4) is 0 Å². The lowest BCUT2D eigenvalue weighted by Gasteiger charge is -2.21. The van der Waals surface area contributed by atoms with Crippen LogP contribution in [0.5, 0.6) is 5.75 Å². The summed E-state index contributed by atoms with van der Waals surface area (Å²) in [5.41, 5.74) is 1.13. The van der Waals surface area contributed by atoms with Gasteiger partial charge in [-0.1, -0.05) is 50.2 Å². The van der Waals surface area contributed by atoms with Gasteiger partial charge in [0, 0.05) is 23.0 Å². The monoisotopic (exact) mass is 273 g/mol. The molecule has 0 aromatic heterocycles. The average Bonchev–Trinajstić information content (AvgIpc) is 2.43. The zero-order chi connectivity index (χ0) is 14.5. The molecule has 1 atom stereocenters. The Bertz CT molecular complexity index is 566. The summed E-state index contributed by atoms with van der Waals surface area (Å²) < 4.78 is 5.81. The number of rotatable bonds is 6. The predicted octanol–water partition coefficient (Wildman–Crippen LogP) is 3.27. The molecule has 0 fully saturated rings. The van der Waals surface area contributed by atoms with E-state index in [1.165, 1.54) is 0 Å². The minimum atomic E-state index is 0.0225.